The van der Waals surface area contributed by atoms with Gasteiger partial charge < -0.3 is 10.1 Å². The lowest BCUT2D eigenvalue weighted by Crippen LogP contribution is -2.25. The highest BCUT2D eigenvalue weighted by molar-refractivity contribution is 7.13. The Morgan fingerprint density at radius 2 is 2.05 bits per heavy atom. The summed E-state index contributed by atoms with van der Waals surface area (Å²) in [6, 6.07) is 11.3. The van der Waals surface area contributed by atoms with E-state index in [-0.39, 0.29) is 12.5 Å². The molecule has 2 aromatic rings. The summed E-state index contributed by atoms with van der Waals surface area (Å²) in [7, 11) is 1.61. The third-order valence-electron chi connectivity index (χ3n) is 2.69. The van der Waals surface area contributed by atoms with Crippen molar-refractivity contribution >= 4 is 29.1 Å². The number of benzene rings is 1. The van der Waals surface area contributed by atoms with E-state index in [1.807, 2.05) is 43.3 Å². The summed E-state index contributed by atoms with van der Waals surface area (Å²) in [6.07, 6.45) is 1.64. The Balaban J connectivity index is 1.75. The molecule has 21 heavy (non-hydrogen) atoms. The second kappa shape index (κ2) is 7.44. The summed E-state index contributed by atoms with van der Waals surface area (Å²) in [5.74, 6) is 0.580. The minimum Gasteiger partial charge on any atom is -0.497 e. The molecule has 2 N–H and O–H groups in total. The van der Waals surface area contributed by atoms with Crippen LogP contribution in [0.1, 0.15) is 9.75 Å². The number of hydrogen-bond acceptors (Lipinski definition) is 5. The highest BCUT2D eigenvalue weighted by Crippen LogP contribution is 2.14. The third kappa shape index (κ3) is 4.92. The number of nitrogens with zero attached hydrogens (tertiary/aromatic N) is 1. The molecule has 0 aliphatic rings. The second-order valence-corrected chi connectivity index (χ2v) is 5.64. The van der Waals surface area contributed by atoms with Gasteiger partial charge in [-0.05, 0) is 43.3 Å². The average Bonchev–Trinajstić information content (AvgIpc) is 2.91. The molecule has 0 atom stereocenters. The Morgan fingerprint density at radius 1 is 1.29 bits per heavy atom. The number of carbonyl (C=O) groups is 1. The molecule has 0 saturated heterocycles. The predicted molar refractivity (Wildman–Crippen MR) is 86.3 cm³/mol. The minimum atomic E-state index is -0.199. The first kappa shape index (κ1) is 15.1. The molecule has 110 valence electrons. The lowest BCUT2D eigenvalue weighted by molar-refractivity contribution is -0.119. The van der Waals surface area contributed by atoms with Gasteiger partial charge in [-0.15, -0.1) is 11.3 Å². The van der Waals surface area contributed by atoms with Crippen LogP contribution in [0.15, 0.2) is 41.5 Å². The van der Waals surface area contributed by atoms with Crippen molar-refractivity contribution in [2.75, 3.05) is 19.0 Å². The lowest BCUT2D eigenvalue weighted by Gasteiger charge is -2.06. The zero-order valence-electron chi connectivity index (χ0n) is 11.9. The number of anilines is 1. The van der Waals surface area contributed by atoms with Gasteiger partial charge in [-0.3, -0.25) is 4.79 Å². The third-order valence-corrected chi connectivity index (χ3v) is 3.62. The zero-order valence-corrected chi connectivity index (χ0v) is 12.7. The Labute approximate surface area is 127 Å². The van der Waals surface area contributed by atoms with Crippen LogP contribution in [0.2, 0.25) is 0 Å². The molecule has 2 rings (SSSR count). The summed E-state index contributed by atoms with van der Waals surface area (Å²) in [5, 5.41) is 6.93. The molecule has 0 saturated carbocycles. The van der Waals surface area contributed by atoms with Gasteiger partial charge in [0.25, 0.3) is 5.91 Å². The first-order valence-corrected chi connectivity index (χ1v) is 7.25. The predicted octanol–water partition coefficient (Wildman–Crippen LogP) is 2.63. The van der Waals surface area contributed by atoms with Crippen LogP contribution >= 0.6 is 11.3 Å². The second-order valence-electron chi connectivity index (χ2n) is 4.32. The number of hydrazone groups is 1. The monoisotopic (exact) mass is 303 g/mol. The van der Waals surface area contributed by atoms with E-state index < -0.39 is 0 Å². The molecule has 0 spiro atoms. The number of nitrogens with one attached hydrogen (secondary N) is 2. The number of carbonyl (C=O) groups excluding carboxylic acids is 1. The van der Waals surface area contributed by atoms with Crippen molar-refractivity contribution in [3.05, 3.63) is 46.2 Å². The van der Waals surface area contributed by atoms with Gasteiger partial charge in [0.2, 0.25) is 0 Å². The summed E-state index contributed by atoms with van der Waals surface area (Å²) < 4.78 is 5.07. The highest BCUT2D eigenvalue weighted by atomic mass is 32.1. The molecule has 6 heteroatoms. The molecule has 1 aromatic carbocycles. The maximum Gasteiger partial charge on any atom is 0.259 e. The fourth-order valence-electron chi connectivity index (χ4n) is 1.62. The number of hydrogen-bond donors (Lipinski definition) is 2. The van der Waals surface area contributed by atoms with Crippen molar-refractivity contribution in [1.82, 2.24) is 5.43 Å². The maximum atomic E-state index is 11.6. The topological polar surface area (TPSA) is 62.7 Å². The number of aryl methyl sites for hydroxylation is 1. The van der Waals surface area contributed by atoms with Gasteiger partial charge in [-0.2, -0.15) is 5.10 Å². The molecule has 1 heterocycles. The quantitative estimate of drug-likeness (QED) is 0.637. The van der Waals surface area contributed by atoms with Crippen LogP contribution in [-0.2, 0) is 4.79 Å². The molecular weight excluding hydrogens is 286 g/mol. The van der Waals surface area contributed by atoms with Gasteiger partial charge in [0.05, 0.1) is 19.9 Å². The molecule has 0 bridgehead atoms. The average molecular weight is 303 g/mol. The maximum absolute atomic E-state index is 11.6. The summed E-state index contributed by atoms with van der Waals surface area (Å²) in [6.45, 7) is 2.19. The normalized spacial score (nSPS) is 10.6. The van der Waals surface area contributed by atoms with Crippen molar-refractivity contribution in [3.63, 3.8) is 0 Å². The number of rotatable bonds is 6. The van der Waals surface area contributed by atoms with E-state index in [1.165, 1.54) is 4.88 Å². The minimum absolute atomic E-state index is 0.160. The van der Waals surface area contributed by atoms with Gasteiger partial charge in [-0.1, -0.05) is 0 Å². The summed E-state index contributed by atoms with van der Waals surface area (Å²) >= 11 is 1.62. The molecular formula is C15H17N3O2S. The van der Waals surface area contributed by atoms with Crippen LogP contribution in [0.3, 0.4) is 0 Å². The van der Waals surface area contributed by atoms with E-state index in [4.69, 9.17) is 4.74 Å². The number of amides is 1. The fraction of sp³-hybridized carbons (Fsp3) is 0.200. The van der Waals surface area contributed by atoms with Crippen molar-refractivity contribution in [2.24, 2.45) is 5.10 Å². The molecule has 1 aromatic heterocycles. The number of methoxy groups -OCH3 is 1. The van der Waals surface area contributed by atoms with Crippen molar-refractivity contribution in [3.8, 4) is 5.75 Å². The van der Waals surface area contributed by atoms with Crippen LogP contribution in [0.5, 0.6) is 5.75 Å². The van der Waals surface area contributed by atoms with Gasteiger partial charge in [0.1, 0.15) is 5.75 Å². The first-order valence-electron chi connectivity index (χ1n) is 6.43. The smallest absolute Gasteiger partial charge is 0.259 e. The number of ether oxygens (including phenoxy) is 1. The van der Waals surface area contributed by atoms with Gasteiger partial charge >= 0.3 is 0 Å². The van der Waals surface area contributed by atoms with Gasteiger partial charge in [-0.25, -0.2) is 5.43 Å². The lowest BCUT2D eigenvalue weighted by atomic mass is 10.3. The Bertz CT molecular complexity index is 620. The molecule has 0 unspecified atom stereocenters. The van der Waals surface area contributed by atoms with Crippen LogP contribution in [0.4, 0.5) is 5.69 Å². The van der Waals surface area contributed by atoms with Gasteiger partial charge in [0.15, 0.2) is 0 Å². The van der Waals surface area contributed by atoms with E-state index in [2.05, 4.69) is 15.8 Å². The fourth-order valence-corrected chi connectivity index (χ4v) is 2.37. The van der Waals surface area contributed by atoms with E-state index in [0.29, 0.717) is 0 Å². The zero-order chi connectivity index (χ0) is 15.1. The Hall–Kier alpha value is -2.34. The van der Waals surface area contributed by atoms with E-state index in [9.17, 15) is 4.79 Å². The van der Waals surface area contributed by atoms with E-state index in [1.54, 1.807) is 24.7 Å². The van der Waals surface area contributed by atoms with Crippen LogP contribution in [0.25, 0.3) is 0 Å². The SMILES string of the molecule is COc1ccc(NCC(=O)N/N=C\c2ccc(C)s2)cc1. The molecule has 0 radical (unpaired) electrons. The number of thiophene rings is 1. The summed E-state index contributed by atoms with van der Waals surface area (Å²) in [5.41, 5.74) is 3.33. The van der Waals surface area contributed by atoms with Crippen molar-refractivity contribution < 1.29 is 9.53 Å². The van der Waals surface area contributed by atoms with E-state index in [0.717, 1.165) is 16.3 Å². The Morgan fingerprint density at radius 3 is 2.67 bits per heavy atom. The molecule has 1 amide bonds. The summed E-state index contributed by atoms with van der Waals surface area (Å²) in [4.78, 5) is 13.8. The molecule has 0 fully saturated rings. The van der Waals surface area contributed by atoms with Crippen LogP contribution in [-0.4, -0.2) is 25.8 Å². The van der Waals surface area contributed by atoms with Crippen molar-refractivity contribution in [1.29, 1.82) is 0 Å². The van der Waals surface area contributed by atoms with Gasteiger partial charge in [0, 0.05) is 15.4 Å². The van der Waals surface area contributed by atoms with Crippen molar-refractivity contribution in [2.45, 2.75) is 6.92 Å². The molecule has 0 aliphatic heterocycles. The Kier molecular flexibility index (Phi) is 5.34. The van der Waals surface area contributed by atoms with E-state index >= 15 is 0 Å². The highest BCUT2D eigenvalue weighted by Gasteiger charge is 2.00. The standard InChI is InChI=1S/C15H17N3O2S/c1-11-3-8-14(21-11)9-17-18-15(19)10-16-12-4-6-13(20-2)7-5-12/h3-9,16H,10H2,1-2H3,(H,18,19)/b17-9-. The largest absolute Gasteiger partial charge is 0.497 e. The van der Waals surface area contributed by atoms with Crippen LogP contribution < -0.4 is 15.5 Å². The first-order chi connectivity index (χ1) is 10.2. The van der Waals surface area contributed by atoms with Crippen LogP contribution in [0, 0.1) is 6.92 Å². The molecule has 5 nitrogen and oxygen atoms in total. The molecule has 0 aliphatic carbocycles.